The first-order chi connectivity index (χ1) is 6.27. The van der Waals surface area contributed by atoms with E-state index < -0.39 is 0 Å². The van der Waals surface area contributed by atoms with Crippen molar-refractivity contribution in [2.75, 3.05) is 18.9 Å². The third-order valence-corrected chi connectivity index (χ3v) is 1.68. The molecule has 70 valence electrons. The lowest BCUT2D eigenvalue weighted by molar-refractivity contribution is -0.0775. The Morgan fingerprint density at radius 2 is 2.54 bits per heavy atom. The number of nitrogens with one attached hydrogen (secondary N) is 1. The molecule has 1 amide bonds. The molecule has 0 saturated carbocycles. The van der Waals surface area contributed by atoms with Crippen molar-refractivity contribution in [2.45, 2.75) is 6.42 Å². The molecule has 1 aromatic rings. The van der Waals surface area contributed by atoms with Crippen molar-refractivity contribution < 1.29 is 9.63 Å². The highest BCUT2D eigenvalue weighted by Gasteiger charge is 2.23. The summed E-state index contributed by atoms with van der Waals surface area (Å²) in [5.41, 5.74) is 5.25. The number of hydrogen-bond acceptors (Lipinski definition) is 5. The summed E-state index contributed by atoms with van der Waals surface area (Å²) >= 11 is 0. The Balaban J connectivity index is 2.12. The number of nitrogens with two attached hydrogens (primary N) is 1. The number of anilines is 1. The number of aromatic amines is 1. The Hall–Kier alpha value is -1.63. The van der Waals surface area contributed by atoms with Crippen molar-refractivity contribution in [1.82, 2.24) is 20.2 Å². The molecule has 7 heteroatoms. The molecule has 0 spiro atoms. The highest BCUT2D eigenvalue weighted by Crippen LogP contribution is 2.08. The van der Waals surface area contributed by atoms with Gasteiger partial charge in [-0.1, -0.05) is 0 Å². The van der Waals surface area contributed by atoms with Gasteiger partial charge < -0.3 is 5.73 Å². The van der Waals surface area contributed by atoms with Crippen molar-refractivity contribution in [2.24, 2.45) is 0 Å². The van der Waals surface area contributed by atoms with E-state index in [2.05, 4.69) is 15.2 Å². The van der Waals surface area contributed by atoms with E-state index in [0.29, 0.717) is 13.2 Å². The smallest absolute Gasteiger partial charge is 0.314 e. The number of nitrogen functional groups attached to an aromatic ring is 1. The molecular formula is C6H9N5O2. The van der Waals surface area contributed by atoms with Crippen LogP contribution < -0.4 is 5.73 Å². The molecule has 2 heterocycles. The fraction of sp³-hybridized carbons (Fsp3) is 0.500. The monoisotopic (exact) mass is 183 g/mol. The number of nitrogens with zero attached hydrogens (tertiary/aromatic N) is 3. The standard InChI is InChI=1S/C6H9N5O2/c7-6-8-4(9-10-6)5(12)11-2-1-3-13-11/h1-3H2,(H3,7,8,9,10). The van der Waals surface area contributed by atoms with Gasteiger partial charge in [0.05, 0.1) is 13.2 Å². The molecule has 1 saturated heterocycles. The Bertz CT molecular complexity index is 317. The van der Waals surface area contributed by atoms with Gasteiger partial charge in [-0.3, -0.25) is 14.7 Å². The zero-order valence-corrected chi connectivity index (χ0v) is 6.86. The molecule has 0 bridgehead atoms. The normalized spacial score (nSPS) is 16.5. The van der Waals surface area contributed by atoms with E-state index in [-0.39, 0.29) is 17.7 Å². The first-order valence-corrected chi connectivity index (χ1v) is 3.90. The van der Waals surface area contributed by atoms with Crippen LogP contribution in [-0.4, -0.2) is 39.3 Å². The summed E-state index contributed by atoms with van der Waals surface area (Å²) in [7, 11) is 0. The lowest BCUT2D eigenvalue weighted by Crippen LogP contribution is -2.27. The molecule has 1 fully saturated rings. The minimum Gasteiger partial charge on any atom is -0.366 e. The Labute approximate surface area is 73.8 Å². The maximum atomic E-state index is 11.5. The molecule has 1 aliphatic rings. The van der Waals surface area contributed by atoms with E-state index in [1.165, 1.54) is 5.06 Å². The third-order valence-electron chi connectivity index (χ3n) is 1.68. The van der Waals surface area contributed by atoms with Gasteiger partial charge in [0.25, 0.3) is 0 Å². The van der Waals surface area contributed by atoms with Crippen LogP contribution in [0.3, 0.4) is 0 Å². The van der Waals surface area contributed by atoms with E-state index in [9.17, 15) is 4.79 Å². The van der Waals surface area contributed by atoms with Gasteiger partial charge in [0.1, 0.15) is 0 Å². The van der Waals surface area contributed by atoms with Gasteiger partial charge in [0.2, 0.25) is 11.8 Å². The fourth-order valence-corrected chi connectivity index (χ4v) is 1.10. The van der Waals surface area contributed by atoms with Crippen LogP contribution in [-0.2, 0) is 4.84 Å². The first kappa shape index (κ1) is 7.99. The topological polar surface area (TPSA) is 97.1 Å². The summed E-state index contributed by atoms with van der Waals surface area (Å²) in [4.78, 5) is 20.2. The minimum atomic E-state index is -0.332. The maximum absolute atomic E-state index is 11.5. The highest BCUT2D eigenvalue weighted by molar-refractivity contribution is 5.89. The van der Waals surface area contributed by atoms with Crippen molar-refractivity contribution >= 4 is 11.9 Å². The summed E-state index contributed by atoms with van der Waals surface area (Å²) in [5, 5.41) is 7.22. The number of hydrogen-bond donors (Lipinski definition) is 2. The average Bonchev–Trinajstić information content (AvgIpc) is 2.72. The number of amides is 1. The highest BCUT2D eigenvalue weighted by atomic mass is 16.7. The summed E-state index contributed by atoms with van der Waals surface area (Å²) in [6.07, 6.45) is 0.843. The van der Waals surface area contributed by atoms with Crippen LogP contribution in [0.4, 0.5) is 5.95 Å². The van der Waals surface area contributed by atoms with E-state index in [1.807, 2.05) is 0 Å². The van der Waals surface area contributed by atoms with Gasteiger partial charge in [0, 0.05) is 0 Å². The summed E-state index contributed by atoms with van der Waals surface area (Å²) in [6, 6.07) is 0. The quantitative estimate of drug-likeness (QED) is 0.592. The lowest BCUT2D eigenvalue weighted by Gasteiger charge is -2.10. The Morgan fingerprint density at radius 1 is 1.69 bits per heavy atom. The number of hydroxylamine groups is 2. The molecule has 0 aromatic carbocycles. The lowest BCUT2D eigenvalue weighted by atomic mass is 10.4. The molecule has 2 rings (SSSR count). The first-order valence-electron chi connectivity index (χ1n) is 3.90. The number of H-pyrrole nitrogens is 1. The van der Waals surface area contributed by atoms with E-state index in [4.69, 9.17) is 10.6 Å². The van der Waals surface area contributed by atoms with Crippen LogP contribution in [0.25, 0.3) is 0 Å². The van der Waals surface area contributed by atoms with Crippen LogP contribution in [0.5, 0.6) is 0 Å². The molecule has 0 unspecified atom stereocenters. The molecule has 3 N–H and O–H groups in total. The van der Waals surface area contributed by atoms with Crippen LogP contribution in [0.1, 0.15) is 17.0 Å². The second kappa shape index (κ2) is 3.02. The fourth-order valence-electron chi connectivity index (χ4n) is 1.10. The number of aromatic nitrogens is 3. The van der Waals surface area contributed by atoms with Crippen LogP contribution in [0.15, 0.2) is 0 Å². The molecule has 7 nitrogen and oxygen atoms in total. The SMILES string of the molecule is Nc1n[nH]c(C(=O)N2CCCO2)n1. The van der Waals surface area contributed by atoms with Gasteiger partial charge in [0.15, 0.2) is 0 Å². The minimum absolute atomic E-state index is 0.0579. The number of rotatable bonds is 1. The molecule has 1 aliphatic heterocycles. The molecule has 0 aliphatic carbocycles. The summed E-state index contributed by atoms with van der Waals surface area (Å²) < 4.78 is 0. The Morgan fingerprint density at radius 3 is 3.08 bits per heavy atom. The van der Waals surface area contributed by atoms with Gasteiger partial charge in [-0.15, -0.1) is 5.10 Å². The summed E-state index contributed by atoms with van der Waals surface area (Å²) in [6.45, 7) is 1.15. The zero-order valence-electron chi connectivity index (χ0n) is 6.86. The van der Waals surface area contributed by atoms with E-state index in [0.717, 1.165) is 6.42 Å². The van der Waals surface area contributed by atoms with E-state index >= 15 is 0 Å². The van der Waals surface area contributed by atoms with Gasteiger partial charge in [-0.25, -0.2) is 5.06 Å². The Kier molecular flexibility index (Phi) is 1.85. The van der Waals surface area contributed by atoms with Crippen molar-refractivity contribution in [3.63, 3.8) is 0 Å². The molecule has 13 heavy (non-hydrogen) atoms. The number of carbonyl (C=O) groups is 1. The molecular weight excluding hydrogens is 174 g/mol. The average molecular weight is 183 g/mol. The van der Waals surface area contributed by atoms with Crippen LogP contribution in [0, 0.1) is 0 Å². The van der Waals surface area contributed by atoms with Gasteiger partial charge in [-0.2, -0.15) is 4.98 Å². The van der Waals surface area contributed by atoms with Crippen molar-refractivity contribution in [3.05, 3.63) is 5.82 Å². The van der Waals surface area contributed by atoms with Gasteiger partial charge in [-0.05, 0) is 6.42 Å². The van der Waals surface area contributed by atoms with Gasteiger partial charge >= 0.3 is 5.91 Å². The predicted molar refractivity (Wildman–Crippen MR) is 42.4 cm³/mol. The third kappa shape index (κ3) is 1.45. The van der Waals surface area contributed by atoms with Crippen molar-refractivity contribution in [1.29, 1.82) is 0 Å². The zero-order chi connectivity index (χ0) is 9.26. The summed E-state index contributed by atoms with van der Waals surface area (Å²) in [5.74, 6) is -0.163. The largest absolute Gasteiger partial charge is 0.366 e. The second-order valence-corrected chi connectivity index (χ2v) is 2.64. The number of carbonyl (C=O) groups excluding carboxylic acids is 1. The van der Waals surface area contributed by atoms with E-state index in [1.54, 1.807) is 0 Å². The predicted octanol–water partition coefficient (Wildman–Crippen LogP) is -0.836. The molecule has 0 radical (unpaired) electrons. The van der Waals surface area contributed by atoms with Crippen LogP contribution >= 0.6 is 0 Å². The maximum Gasteiger partial charge on any atom is 0.314 e. The molecule has 1 aromatic heterocycles. The second-order valence-electron chi connectivity index (χ2n) is 2.64. The van der Waals surface area contributed by atoms with Crippen molar-refractivity contribution in [3.8, 4) is 0 Å². The van der Waals surface area contributed by atoms with Crippen LogP contribution in [0.2, 0.25) is 0 Å². The molecule has 0 atom stereocenters.